The highest BCUT2D eigenvalue weighted by molar-refractivity contribution is 7.98. The van der Waals surface area contributed by atoms with Crippen molar-refractivity contribution in [2.75, 3.05) is 18.6 Å². The second-order valence-corrected chi connectivity index (χ2v) is 11.1. The Hall–Kier alpha value is -2.18. The van der Waals surface area contributed by atoms with Gasteiger partial charge in [-0.15, -0.1) is 0 Å². The molecule has 0 aliphatic heterocycles. The lowest BCUT2D eigenvalue weighted by Gasteiger charge is -2.17. The molecule has 0 fully saturated rings. The van der Waals surface area contributed by atoms with Crippen LogP contribution in [0.1, 0.15) is 17.5 Å². The molecule has 0 heterocycles. The van der Waals surface area contributed by atoms with Gasteiger partial charge in [0.25, 0.3) is 0 Å². The quantitative estimate of drug-likeness (QED) is 0.408. The lowest BCUT2D eigenvalue weighted by molar-refractivity contribution is -0.122. The van der Waals surface area contributed by atoms with Gasteiger partial charge in [-0.25, -0.2) is 22.0 Å². The van der Waals surface area contributed by atoms with Crippen LogP contribution in [0.15, 0.2) is 64.9 Å². The Morgan fingerprint density at radius 3 is 2.31 bits per heavy atom. The van der Waals surface area contributed by atoms with E-state index < -0.39 is 32.0 Å². The van der Waals surface area contributed by atoms with E-state index in [2.05, 4.69) is 10.0 Å². The van der Waals surface area contributed by atoms with Crippen LogP contribution in [-0.2, 0) is 31.3 Å². The number of thioether (sulfide) groups is 1. The predicted molar refractivity (Wildman–Crippen MR) is 129 cm³/mol. The molecule has 1 atom stereocenters. The Balaban J connectivity index is 1.96. The van der Waals surface area contributed by atoms with Crippen molar-refractivity contribution >= 4 is 43.8 Å². The van der Waals surface area contributed by atoms with Gasteiger partial charge in [-0.3, -0.25) is 4.79 Å². The minimum atomic E-state index is -3.82. The van der Waals surface area contributed by atoms with Crippen LogP contribution in [0.25, 0.3) is 6.08 Å². The van der Waals surface area contributed by atoms with Crippen molar-refractivity contribution in [1.82, 2.24) is 10.0 Å². The summed E-state index contributed by atoms with van der Waals surface area (Å²) < 4.78 is 50.0. The smallest absolute Gasteiger partial charge is 0.238 e. The number of nitrogens with one attached hydrogen (secondary N) is 2. The molecule has 2 aromatic carbocycles. The highest BCUT2D eigenvalue weighted by atomic mass is 32.2. The third-order valence-corrected chi connectivity index (χ3v) is 7.12. The van der Waals surface area contributed by atoms with E-state index in [9.17, 15) is 21.6 Å². The zero-order valence-electron chi connectivity index (χ0n) is 17.6. The number of carbonyl (C=O) groups is 1. The van der Waals surface area contributed by atoms with E-state index in [1.54, 1.807) is 36.4 Å². The second-order valence-electron chi connectivity index (χ2n) is 6.94. The molecule has 1 unspecified atom stereocenters. The normalized spacial score (nSPS) is 13.2. The number of hydrogen-bond acceptors (Lipinski definition) is 6. The molecule has 2 aromatic rings. The molecule has 32 heavy (non-hydrogen) atoms. The molecule has 0 saturated carbocycles. The highest BCUT2D eigenvalue weighted by Crippen LogP contribution is 2.10. The maximum atomic E-state index is 12.6. The van der Waals surface area contributed by atoms with Crippen LogP contribution in [0.4, 0.5) is 0 Å². The lowest BCUT2D eigenvalue weighted by Crippen LogP contribution is -2.46. The number of benzene rings is 2. The summed E-state index contributed by atoms with van der Waals surface area (Å²) in [6, 6.07) is 14.1. The molecule has 4 N–H and O–H groups in total. The van der Waals surface area contributed by atoms with Crippen LogP contribution >= 0.6 is 11.8 Å². The Morgan fingerprint density at radius 2 is 1.72 bits per heavy atom. The van der Waals surface area contributed by atoms with Crippen molar-refractivity contribution in [2.45, 2.75) is 23.8 Å². The van der Waals surface area contributed by atoms with Crippen molar-refractivity contribution in [3.8, 4) is 0 Å². The molecular formula is C21H27N3O5S3. The molecule has 8 nitrogen and oxygen atoms in total. The molecule has 174 valence electrons. The molecule has 0 saturated heterocycles. The van der Waals surface area contributed by atoms with Crippen molar-refractivity contribution in [1.29, 1.82) is 0 Å². The fourth-order valence-corrected chi connectivity index (χ4v) is 4.77. The van der Waals surface area contributed by atoms with E-state index in [1.165, 1.54) is 30.0 Å². The Kier molecular flexibility index (Phi) is 9.91. The maximum Gasteiger partial charge on any atom is 0.238 e. The molecular weight excluding hydrogens is 470 g/mol. The van der Waals surface area contributed by atoms with Gasteiger partial charge in [-0.2, -0.15) is 16.5 Å². The van der Waals surface area contributed by atoms with E-state index in [-0.39, 0.29) is 11.4 Å². The number of carbonyl (C=O) groups excluding carboxylic acids is 1. The van der Waals surface area contributed by atoms with Gasteiger partial charge in [0.2, 0.25) is 26.0 Å². The third-order valence-electron chi connectivity index (χ3n) is 4.44. The number of rotatable bonds is 12. The van der Waals surface area contributed by atoms with E-state index in [1.807, 2.05) is 12.3 Å². The molecule has 0 aliphatic rings. The van der Waals surface area contributed by atoms with E-state index in [0.717, 1.165) is 16.5 Å². The fraction of sp³-hybridized carbons (Fsp3) is 0.286. The Morgan fingerprint density at radius 1 is 1.06 bits per heavy atom. The second kappa shape index (κ2) is 12.2. The molecule has 0 radical (unpaired) electrons. The zero-order chi connectivity index (χ0) is 23.6. The van der Waals surface area contributed by atoms with Gasteiger partial charge in [0.05, 0.1) is 4.90 Å². The number of nitrogens with two attached hydrogens (primary N) is 1. The van der Waals surface area contributed by atoms with E-state index >= 15 is 0 Å². The first kappa shape index (κ1) is 26.1. The molecule has 2 rings (SSSR count). The Bertz CT molecular complexity index is 1120. The van der Waals surface area contributed by atoms with Gasteiger partial charge in [0.15, 0.2) is 0 Å². The van der Waals surface area contributed by atoms with Gasteiger partial charge in [0.1, 0.15) is 6.04 Å². The summed E-state index contributed by atoms with van der Waals surface area (Å²) in [5.74, 6) is 0.190. The standard InChI is InChI=1S/C21H27N3O5S3/c1-30-15-12-20(24-31(26,27)16-13-17-5-3-2-4-6-17)21(25)23-14-11-18-7-9-19(10-8-18)32(22,28)29/h2-10,13,16,20,24H,11-12,14-15H2,1H3,(H,23,25)(H2,22,28,29). The molecule has 0 aromatic heterocycles. The SMILES string of the molecule is CSCCC(NS(=O)(=O)C=Cc1ccccc1)C(=O)NCCc1ccc(S(N)(=O)=O)cc1. The summed E-state index contributed by atoms with van der Waals surface area (Å²) >= 11 is 1.52. The molecule has 0 bridgehead atoms. The number of primary sulfonamides is 1. The van der Waals surface area contributed by atoms with Crippen molar-refractivity contribution in [3.05, 3.63) is 71.1 Å². The van der Waals surface area contributed by atoms with Gasteiger partial charge >= 0.3 is 0 Å². The van der Waals surface area contributed by atoms with Crippen LogP contribution in [0.2, 0.25) is 0 Å². The number of sulfonamides is 2. The monoisotopic (exact) mass is 497 g/mol. The predicted octanol–water partition coefficient (Wildman–Crippen LogP) is 1.70. The van der Waals surface area contributed by atoms with Crippen molar-refractivity contribution in [2.24, 2.45) is 5.14 Å². The van der Waals surface area contributed by atoms with Crippen LogP contribution in [0, 0.1) is 0 Å². The first-order chi connectivity index (χ1) is 15.1. The molecule has 11 heteroatoms. The lowest BCUT2D eigenvalue weighted by atomic mass is 10.1. The summed E-state index contributed by atoms with van der Waals surface area (Å²) in [6.45, 7) is 0.269. The van der Waals surface area contributed by atoms with Crippen LogP contribution in [-0.4, -0.2) is 47.3 Å². The summed E-state index contributed by atoms with van der Waals surface area (Å²) in [4.78, 5) is 12.6. The topological polar surface area (TPSA) is 135 Å². The van der Waals surface area contributed by atoms with Gasteiger partial charge in [-0.05, 0) is 54.2 Å². The van der Waals surface area contributed by atoms with E-state index in [0.29, 0.717) is 18.6 Å². The molecule has 0 aliphatic carbocycles. The first-order valence-corrected chi connectivity index (χ1v) is 14.2. The maximum absolute atomic E-state index is 12.6. The Labute approximate surface area is 193 Å². The van der Waals surface area contributed by atoms with Crippen LogP contribution < -0.4 is 15.2 Å². The third kappa shape index (κ3) is 9.13. The average Bonchev–Trinajstić information content (AvgIpc) is 2.75. The molecule has 1 amide bonds. The summed E-state index contributed by atoms with van der Waals surface area (Å²) in [6.07, 6.45) is 4.14. The van der Waals surface area contributed by atoms with Crippen LogP contribution in [0.5, 0.6) is 0 Å². The van der Waals surface area contributed by atoms with Crippen LogP contribution in [0.3, 0.4) is 0 Å². The summed E-state index contributed by atoms with van der Waals surface area (Å²) in [7, 11) is -7.58. The zero-order valence-corrected chi connectivity index (χ0v) is 20.0. The van der Waals surface area contributed by atoms with Crippen molar-refractivity contribution < 1.29 is 21.6 Å². The largest absolute Gasteiger partial charge is 0.354 e. The van der Waals surface area contributed by atoms with Gasteiger partial charge in [-0.1, -0.05) is 42.5 Å². The average molecular weight is 498 g/mol. The number of hydrogen-bond donors (Lipinski definition) is 3. The minimum Gasteiger partial charge on any atom is -0.354 e. The van der Waals surface area contributed by atoms with Crippen molar-refractivity contribution in [3.63, 3.8) is 0 Å². The summed E-state index contributed by atoms with van der Waals surface area (Å²) in [5, 5.41) is 8.87. The fourth-order valence-electron chi connectivity index (χ4n) is 2.75. The molecule has 0 spiro atoms. The van der Waals surface area contributed by atoms with Gasteiger partial charge < -0.3 is 5.32 Å². The highest BCUT2D eigenvalue weighted by Gasteiger charge is 2.22. The van der Waals surface area contributed by atoms with E-state index in [4.69, 9.17) is 5.14 Å². The minimum absolute atomic E-state index is 0.0142. The summed E-state index contributed by atoms with van der Waals surface area (Å²) in [5.41, 5.74) is 1.54. The first-order valence-electron chi connectivity index (χ1n) is 9.74. The van der Waals surface area contributed by atoms with Gasteiger partial charge in [0, 0.05) is 12.0 Å². The number of amides is 1.